The van der Waals surface area contributed by atoms with Crippen molar-refractivity contribution in [2.24, 2.45) is 5.92 Å². The zero-order chi connectivity index (χ0) is 5.98. The van der Waals surface area contributed by atoms with Gasteiger partial charge in [0.1, 0.15) is 0 Å². The summed E-state index contributed by atoms with van der Waals surface area (Å²) in [5.41, 5.74) is 0. The van der Waals surface area contributed by atoms with Crippen LogP contribution in [-0.2, 0) is 0 Å². The first-order valence-electron chi connectivity index (χ1n) is 3.45. The zero-order valence-electron chi connectivity index (χ0n) is 6.39. The van der Waals surface area contributed by atoms with Gasteiger partial charge in [-0.15, -0.1) is 6.10 Å². The van der Waals surface area contributed by atoms with E-state index in [4.69, 9.17) is 0 Å². The van der Waals surface area contributed by atoms with Gasteiger partial charge in [0.25, 0.3) is 0 Å². The van der Waals surface area contributed by atoms with Crippen LogP contribution in [0.1, 0.15) is 32.6 Å². The summed E-state index contributed by atoms with van der Waals surface area (Å²) >= 11 is 0. The van der Waals surface area contributed by atoms with Gasteiger partial charge in [-0.25, -0.2) is 0 Å². The summed E-state index contributed by atoms with van der Waals surface area (Å²) in [4.78, 5) is 0. The summed E-state index contributed by atoms with van der Waals surface area (Å²) in [6.45, 7) is 2.23. The van der Waals surface area contributed by atoms with Crippen molar-refractivity contribution in [2.45, 2.75) is 38.7 Å². The summed E-state index contributed by atoms with van der Waals surface area (Å²) in [6.07, 6.45) is 3.93. The fourth-order valence-corrected chi connectivity index (χ4v) is 1.23. The van der Waals surface area contributed by atoms with Crippen LogP contribution in [0.4, 0.5) is 0 Å². The van der Waals surface area contributed by atoms with Crippen molar-refractivity contribution in [2.75, 3.05) is 0 Å². The van der Waals surface area contributed by atoms with Gasteiger partial charge in [0.15, 0.2) is 0 Å². The monoisotopic (exact) mass is 136 g/mol. The normalized spacial score (nSPS) is 35.3. The molecule has 0 atom stereocenters. The van der Waals surface area contributed by atoms with Gasteiger partial charge in [0, 0.05) is 0 Å². The van der Waals surface area contributed by atoms with Crippen LogP contribution in [0, 0.1) is 5.92 Å². The Hall–Kier alpha value is 0.960. The third-order valence-corrected chi connectivity index (χ3v) is 1.96. The van der Waals surface area contributed by atoms with E-state index in [9.17, 15) is 5.11 Å². The smallest absolute Gasteiger partial charge is 0.852 e. The molecule has 1 nitrogen and oxygen atoms in total. The Morgan fingerprint density at radius 3 is 1.89 bits per heavy atom. The van der Waals surface area contributed by atoms with Crippen LogP contribution >= 0.6 is 0 Å². The van der Waals surface area contributed by atoms with Gasteiger partial charge in [-0.1, -0.05) is 32.6 Å². The molecule has 0 aromatic rings. The van der Waals surface area contributed by atoms with Crippen molar-refractivity contribution in [3.63, 3.8) is 0 Å². The van der Waals surface area contributed by atoms with Gasteiger partial charge >= 0.3 is 29.6 Å². The maximum atomic E-state index is 10.7. The molecule has 1 aliphatic carbocycles. The van der Waals surface area contributed by atoms with Crippen LogP contribution < -0.4 is 34.7 Å². The average molecular weight is 136 g/mol. The van der Waals surface area contributed by atoms with E-state index in [1.54, 1.807) is 0 Å². The minimum absolute atomic E-state index is 0. The first-order valence-corrected chi connectivity index (χ1v) is 3.45. The molecule has 0 amide bonds. The summed E-state index contributed by atoms with van der Waals surface area (Å²) in [5.74, 6) is 0.820. The number of hydrogen-bond donors (Lipinski definition) is 0. The Morgan fingerprint density at radius 2 is 1.56 bits per heavy atom. The van der Waals surface area contributed by atoms with Crippen LogP contribution in [0.25, 0.3) is 0 Å². The summed E-state index contributed by atoms with van der Waals surface area (Å²) in [5, 5.41) is 10.7. The topological polar surface area (TPSA) is 23.1 Å². The van der Waals surface area contributed by atoms with Crippen LogP contribution in [0.5, 0.6) is 0 Å². The van der Waals surface area contributed by atoms with E-state index >= 15 is 0 Å². The largest absolute Gasteiger partial charge is 1.00 e. The van der Waals surface area contributed by atoms with Gasteiger partial charge in [0.05, 0.1) is 0 Å². The van der Waals surface area contributed by atoms with Crippen molar-refractivity contribution in [3.05, 3.63) is 0 Å². The SMILES string of the molecule is CC1CCC([O-])CC1.[Na+]. The Bertz CT molecular complexity index is 57.3. The molecule has 0 aliphatic heterocycles. The molecule has 0 bridgehead atoms. The minimum Gasteiger partial charge on any atom is -0.852 e. The van der Waals surface area contributed by atoms with Crippen molar-refractivity contribution in [1.29, 1.82) is 0 Å². The van der Waals surface area contributed by atoms with Crippen molar-refractivity contribution < 1.29 is 34.7 Å². The fraction of sp³-hybridized carbons (Fsp3) is 1.00. The molecular weight excluding hydrogens is 123 g/mol. The van der Waals surface area contributed by atoms with Crippen molar-refractivity contribution in [3.8, 4) is 0 Å². The maximum Gasteiger partial charge on any atom is 1.00 e. The third-order valence-electron chi connectivity index (χ3n) is 1.96. The number of rotatable bonds is 0. The molecule has 0 N–H and O–H groups in total. The molecule has 1 aliphatic rings. The Balaban J connectivity index is 0.000000640. The molecule has 0 aromatic carbocycles. The Morgan fingerprint density at radius 1 is 1.11 bits per heavy atom. The molecule has 0 aromatic heterocycles. The van der Waals surface area contributed by atoms with E-state index in [2.05, 4.69) is 6.92 Å². The quantitative estimate of drug-likeness (QED) is 0.351. The molecule has 48 valence electrons. The molecule has 1 saturated carbocycles. The molecular formula is C7H13NaO. The van der Waals surface area contributed by atoms with E-state index in [0.29, 0.717) is 0 Å². The van der Waals surface area contributed by atoms with Crippen LogP contribution in [0.3, 0.4) is 0 Å². The summed E-state index contributed by atoms with van der Waals surface area (Å²) in [6, 6.07) is 0. The molecule has 1 rings (SSSR count). The first kappa shape index (κ1) is 9.96. The van der Waals surface area contributed by atoms with Gasteiger partial charge in [0.2, 0.25) is 0 Å². The van der Waals surface area contributed by atoms with E-state index in [-0.39, 0.29) is 35.7 Å². The molecule has 0 radical (unpaired) electrons. The first-order chi connectivity index (χ1) is 3.79. The minimum atomic E-state index is -0.230. The van der Waals surface area contributed by atoms with Gasteiger partial charge < -0.3 is 5.11 Å². The maximum absolute atomic E-state index is 10.7. The molecule has 0 unspecified atom stereocenters. The van der Waals surface area contributed by atoms with E-state index in [1.807, 2.05) is 0 Å². The summed E-state index contributed by atoms with van der Waals surface area (Å²) in [7, 11) is 0. The van der Waals surface area contributed by atoms with Crippen molar-refractivity contribution in [1.82, 2.24) is 0 Å². The molecule has 0 saturated heterocycles. The summed E-state index contributed by atoms with van der Waals surface area (Å²) < 4.78 is 0. The van der Waals surface area contributed by atoms with Crippen molar-refractivity contribution >= 4 is 0 Å². The predicted octanol–water partition coefficient (Wildman–Crippen LogP) is -2.07. The Labute approximate surface area is 79.1 Å². The molecule has 9 heavy (non-hydrogen) atoms. The average Bonchev–Trinajstić information content (AvgIpc) is 1.77. The van der Waals surface area contributed by atoms with Gasteiger partial charge in [-0.3, -0.25) is 0 Å². The molecule has 0 heterocycles. The van der Waals surface area contributed by atoms with E-state index in [0.717, 1.165) is 31.6 Å². The number of hydrogen-bond acceptors (Lipinski definition) is 1. The van der Waals surface area contributed by atoms with Crippen LogP contribution in [-0.4, -0.2) is 6.10 Å². The van der Waals surface area contributed by atoms with Crippen LogP contribution in [0.2, 0.25) is 0 Å². The third kappa shape index (κ3) is 3.61. The second kappa shape index (κ2) is 4.73. The molecule has 0 spiro atoms. The van der Waals surface area contributed by atoms with E-state index in [1.165, 1.54) is 0 Å². The molecule has 1 fully saturated rings. The standard InChI is InChI=1S/C7H13O.Na/c1-6-2-4-7(8)5-3-6;/h6-7H,2-5H2,1H3;/q-1;+1. The predicted molar refractivity (Wildman–Crippen MR) is 31.4 cm³/mol. The zero-order valence-corrected chi connectivity index (χ0v) is 8.39. The molecule has 2 heteroatoms. The van der Waals surface area contributed by atoms with Gasteiger partial charge in [-0.05, 0) is 5.92 Å². The fourth-order valence-electron chi connectivity index (χ4n) is 1.23. The van der Waals surface area contributed by atoms with E-state index < -0.39 is 0 Å². The Kier molecular flexibility index (Phi) is 5.23. The van der Waals surface area contributed by atoms with Crippen LogP contribution in [0.15, 0.2) is 0 Å². The second-order valence-corrected chi connectivity index (χ2v) is 2.88. The second-order valence-electron chi connectivity index (χ2n) is 2.88. The van der Waals surface area contributed by atoms with Gasteiger partial charge in [-0.2, -0.15) is 0 Å².